The molecule has 2 aromatic rings. The maximum atomic E-state index is 12.2. The Morgan fingerprint density at radius 2 is 2.09 bits per heavy atom. The fourth-order valence-corrected chi connectivity index (χ4v) is 3.67. The van der Waals surface area contributed by atoms with E-state index in [2.05, 4.69) is 15.5 Å². The summed E-state index contributed by atoms with van der Waals surface area (Å²) in [5.41, 5.74) is 0.0351. The first-order valence-corrected chi connectivity index (χ1v) is 8.78. The molecule has 7 nitrogen and oxygen atoms in total. The number of nitro groups is 1. The van der Waals surface area contributed by atoms with Crippen LogP contribution in [-0.4, -0.2) is 26.3 Å². The third-order valence-electron chi connectivity index (χ3n) is 3.33. The molecule has 0 radical (unpaired) electrons. The molecule has 0 aliphatic heterocycles. The number of nitrogens with zero attached hydrogens (tertiary/aromatic N) is 3. The molecule has 0 spiro atoms. The van der Waals surface area contributed by atoms with Crippen molar-refractivity contribution in [3.63, 3.8) is 0 Å². The smallest absolute Gasteiger partial charge is 0.269 e. The van der Waals surface area contributed by atoms with Crippen LogP contribution < -0.4 is 5.32 Å². The Labute approximate surface area is 140 Å². The summed E-state index contributed by atoms with van der Waals surface area (Å²) >= 11 is 2.76. The second kappa shape index (κ2) is 6.63. The van der Waals surface area contributed by atoms with Gasteiger partial charge in [-0.05, 0) is 31.9 Å². The van der Waals surface area contributed by atoms with Crippen LogP contribution >= 0.6 is 23.1 Å². The Bertz CT molecular complexity index is 728. The Hall–Kier alpha value is -2.00. The van der Waals surface area contributed by atoms with Crippen LogP contribution in [-0.2, 0) is 4.79 Å². The van der Waals surface area contributed by atoms with Gasteiger partial charge in [-0.1, -0.05) is 11.3 Å². The molecule has 1 saturated carbocycles. The number of nitro benzene ring substituents is 1. The van der Waals surface area contributed by atoms with Gasteiger partial charge < -0.3 is 0 Å². The highest BCUT2D eigenvalue weighted by atomic mass is 32.2. The highest BCUT2D eigenvalue weighted by Gasteiger charge is 2.28. The van der Waals surface area contributed by atoms with Crippen LogP contribution in [0.4, 0.5) is 10.8 Å². The Balaban J connectivity index is 1.56. The molecule has 3 rings (SSSR count). The zero-order valence-corrected chi connectivity index (χ0v) is 13.9. The molecule has 23 heavy (non-hydrogen) atoms. The number of nitrogens with one attached hydrogen (secondary N) is 1. The predicted octanol–water partition coefficient (Wildman–Crippen LogP) is 3.44. The number of amides is 1. The van der Waals surface area contributed by atoms with E-state index in [1.54, 1.807) is 19.1 Å². The van der Waals surface area contributed by atoms with E-state index < -0.39 is 4.92 Å². The molecule has 1 aromatic carbocycles. The van der Waals surface area contributed by atoms with E-state index in [1.165, 1.54) is 35.2 Å². The molecular weight excluding hydrogens is 336 g/mol. The van der Waals surface area contributed by atoms with Crippen molar-refractivity contribution in [3.05, 3.63) is 39.4 Å². The van der Waals surface area contributed by atoms with Crippen molar-refractivity contribution in [1.82, 2.24) is 10.2 Å². The molecule has 0 bridgehead atoms. The number of benzene rings is 1. The van der Waals surface area contributed by atoms with E-state index in [4.69, 9.17) is 0 Å². The molecule has 1 aliphatic rings. The molecule has 1 heterocycles. The third kappa shape index (κ3) is 4.05. The lowest BCUT2D eigenvalue weighted by Gasteiger charge is -2.09. The summed E-state index contributed by atoms with van der Waals surface area (Å²) in [6, 6.07) is 6.14. The maximum absolute atomic E-state index is 12.2. The van der Waals surface area contributed by atoms with E-state index in [0.717, 1.165) is 22.7 Å². The van der Waals surface area contributed by atoms with Crippen LogP contribution in [0.2, 0.25) is 0 Å². The standard InChI is InChI=1S/C14H14N4O3S2/c1-8(22-11-6-4-10(5-7-11)18(20)21)12(19)15-14-17-16-13(23-14)9-2-3-9/h4-9H,2-3H2,1H3,(H,15,17,19)/t8-/m0/s1. The largest absolute Gasteiger partial charge is 0.300 e. The molecule has 1 N–H and O–H groups in total. The number of non-ortho nitro benzene ring substituents is 1. The lowest BCUT2D eigenvalue weighted by molar-refractivity contribution is -0.384. The number of thioether (sulfide) groups is 1. The number of carbonyl (C=O) groups excluding carboxylic acids is 1. The number of anilines is 1. The SMILES string of the molecule is C[C@H](Sc1ccc([N+](=O)[O-])cc1)C(=O)Nc1nnc(C2CC2)s1. The molecule has 0 saturated heterocycles. The predicted molar refractivity (Wildman–Crippen MR) is 88.9 cm³/mol. The second-order valence-electron chi connectivity index (χ2n) is 5.22. The zero-order chi connectivity index (χ0) is 16.4. The van der Waals surface area contributed by atoms with E-state index >= 15 is 0 Å². The van der Waals surface area contributed by atoms with Crippen molar-refractivity contribution in [2.24, 2.45) is 0 Å². The summed E-state index contributed by atoms with van der Waals surface area (Å²) in [5, 5.41) is 22.6. The first-order chi connectivity index (χ1) is 11.0. The van der Waals surface area contributed by atoms with E-state index in [9.17, 15) is 14.9 Å². The van der Waals surface area contributed by atoms with Crippen molar-refractivity contribution in [1.29, 1.82) is 0 Å². The Morgan fingerprint density at radius 1 is 1.39 bits per heavy atom. The summed E-state index contributed by atoms with van der Waals surface area (Å²) in [6.07, 6.45) is 2.30. The van der Waals surface area contributed by atoms with Crippen LogP contribution in [0.1, 0.15) is 30.7 Å². The van der Waals surface area contributed by atoms with Gasteiger partial charge in [0.05, 0.1) is 10.2 Å². The van der Waals surface area contributed by atoms with Gasteiger partial charge in [0.15, 0.2) is 0 Å². The fourth-order valence-electron chi connectivity index (χ4n) is 1.89. The first-order valence-electron chi connectivity index (χ1n) is 7.08. The Kier molecular flexibility index (Phi) is 4.58. The lowest BCUT2D eigenvalue weighted by Crippen LogP contribution is -2.22. The Morgan fingerprint density at radius 3 is 2.70 bits per heavy atom. The number of rotatable bonds is 6. The monoisotopic (exact) mass is 350 g/mol. The van der Waals surface area contributed by atoms with Crippen molar-refractivity contribution >= 4 is 39.8 Å². The van der Waals surface area contributed by atoms with Gasteiger partial charge in [0, 0.05) is 22.9 Å². The minimum Gasteiger partial charge on any atom is -0.300 e. The van der Waals surface area contributed by atoms with E-state index in [1.807, 2.05) is 0 Å². The highest BCUT2D eigenvalue weighted by Crippen LogP contribution is 2.42. The molecule has 1 aliphatic carbocycles. The average molecular weight is 350 g/mol. The van der Waals surface area contributed by atoms with Crippen LogP contribution in [0.25, 0.3) is 0 Å². The van der Waals surface area contributed by atoms with Gasteiger partial charge in [-0.3, -0.25) is 20.2 Å². The van der Waals surface area contributed by atoms with Crippen LogP contribution in [0.3, 0.4) is 0 Å². The van der Waals surface area contributed by atoms with Crippen molar-refractivity contribution < 1.29 is 9.72 Å². The van der Waals surface area contributed by atoms with Crippen LogP contribution in [0, 0.1) is 10.1 Å². The molecule has 1 amide bonds. The normalized spacial score (nSPS) is 15.2. The van der Waals surface area contributed by atoms with Crippen LogP contribution in [0.15, 0.2) is 29.2 Å². The van der Waals surface area contributed by atoms with Crippen LogP contribution in [0.5, 0.6) is 0 Å². The average Bonchev–Trinajstić information content (AvgIpc) is 3.28. The highest BCUT2D eigenvalue weighted by molar-refractivity contribution is 8.00. The fraction of sp³-hybridized carbons (Fsp3) is 0.357. The summed E-state index contributed by atoms with van der Waals surface area (Å²) in [5.74, 6) is 0.358. The number of aromatic nitrogens is 2. The molecule has 1 fully saturated rings. The van der Waals surface area contributed by atoms with E-state index in [0.29, 0.717) is 11.0 Å². The molecule has 9 heteroatoms. The minimum absolute atomic E-state index is 0.0351. The summed E-state index contributed by atoms with van der Waals surface area (Å²) < 4.78 is 0. The van der Waals surface area contributed by atoms with Gasteiger partial charge in [0.25, 0.3) is 5.69 Å². The molecule has 1 aromatic heterocycles. The third-order valence-corrected chi connectivity index (χ3v) is 5.44. The van der Waals surface area contributed by atoms with Gasteiger partial charge in [0.1, 0.15) is 5.01 Å². The summed E-state index contributed by atoms with van der Waals surface area (Å²) in [4.78, 5) is 23.2. The van der Waals surface area contributed by atoms with Crippen molar-refractivity contribution in [2.75, 3.05) is 5.32 Å². The second-order valence-corrected chi connectivity index (χ2v) is 7.64. The molecule has 1 atom stereocenters. The molecule has 120 valence electrons. The van der Waals surface area contributed by atoms with Gasteiger partial charge in [-0.2, -0.15) is 0 Å². The first kappa shape index (κ1) is 15.9. The van der Waals surface area contributed by atoms with Gasteiger partial charge in [0.2, 0.25) is 11.0 Å². The van der Waals surface area contributed by atoms with E-state index in [-0.39, 0.29) is 16.8 Å². The lowest BCUT2D eigenvalue weighted by atomic mass is 10.3. The topological polar surface area (TPSA) is 98.0 Å². The van der Waals surface area contributed by atoms with Crippen molar-refractivity contribution in [2.45, 2.75) is 35.8 Å². The number of carbonyl (C=O) groups is 1. The van der Waals surface area contributed by atoms with Crippen molar-refractivity contribution in [3.8, 4) is 0 Å². The minimum atomic E-state index is -0.447. The molecule has 0 unspecified atom stereocenters. The maximum Gasteiger partial charge on any atom is 0.269 e. The van der Waals surface area contributed by atoms with Gasteiger partial charge in [-0.25, -0.2) is 0 Å². The van der Waals surface area contributed by atoms with Gasteiger partial charge >= 0.3 is 0 Å². The molecular formula is C14H14N4O3S2. The quantitative estimate of drug-likeness (QED) is 0.487. The number of hydrogen-bond donors (Lipinski definition) is 1. The number of hydrogen-bond acceptors (Lipinski definition) is 7. The summed E-state index contributed by atoms with van der Waals surface area (Å²) in [6.45, 7) is 1.78. The van der Waals surface area contributed by atoms with Gasteiger partial charge in [-0.15, -0.1) is 22.0 Å². The summed E-state index contributed by atoms with van der Waals surface area (Å²) in [7, 11) is 0. The zero-order valence-electron chi connectivity index (χ0n) is 12.3.